The molecule has 0 radical (unpaired) electrons. The van der Waals surface area contributed by atoms with Gasteiger partial charge in [-0.1, -0.05) is 42.5 Å². The van der Waals surface area contributed by atoms with Crippen molar-refractivity contribution in [2.45, 2.75) is 38.1 Å². The number of hydrogen-bond acceptors (Lipinski definition) is 2. The van der Waals surface area contributed by atoms with Gasteiger partial charge in [-0.3, -0.25) is 5.41 Å². The number of nitrogen functional groups attached to an aromatic ring is 1. The second kappa shape index (κ2) is 6.93. The van der Waals surface area contributed by atoms with E-state index in [0.29, 0.717) is 21.7 Å². The van der Waals surface area contributed by atoms with Crippen molar-refractivity contribution >= 4 is 40.1 Å². The highest BCUT2D eigenvalue weighted by molar-refractivity contribution is 6.36. The van der Waals surface area contributed by atoms with Gasteiger partial charge in [-0.15, -0.1) is 0 Å². The van der Waals surface area contributed by atoms with Gasteiger partial charge in [0.15, 0.2) is 0 Å². The molecule has 4 rings (SSSR count). The van der Waals surface area contributed by atoms with Gasteiger partial charge in [-0.2, -0.15) is 0 Å². The third-order valence-corrected chi connectivity index (χ3v) is 5.66. The van der Waals surface area contributed by atoms with Gasteiger partial charge in [0.05, 0.1) is 16.1 Å². The normalized spacial score (nSPS) is 15.5. The third-order valence-electron chi connectivity index (χ3n) is 5.11. The van der Waals surface area contributed by atoms with Crippen molar-refractivity contribution in [1.82, 2.24) is 9.55 Å². The molecule has 0 atom stereocenters. The molecule has 1 saturated carbocycles. The first kappa shape index (κ1) is 17.4. The van der Waals surface area contributed by atoms with Crippen LogP contribution in [0.2, 0.25) is 10.0 Å². The summed E-state index contributed by atoms with van der Waals surface area (Å²) in [7, 11) is 0. The smallest absolute Gasteiger partial charge is 0.142 e. The molecule has 6 heteroatoms. The van der Waals surface area contributed by atoms with Crippen LogP contribution in [0.5, 0.6) is 0 Å². The van der Waals surface area contributed by atoms with Crippen LogP contribution in [0.3, 0.4) is 0 Å². The number of rotatable bonds is 3. The number of nitrogens with zero attached hydrogens (tertiary/aromatic N) is 2. The molecular formula is C20H20Cl2N4. The summed E-state index contributed by atoms with van der Waals surface area (Å²) < 4.78 is 2.31. The van der Waals surface area contributed by atoms with Gasteiger partial charge in [0.2, 0.25) is 0 Å². The highest BCUT2D eigenvalue weighted by Crippen LogP contribution is 2.38. The fourth-order valence-corrected chi connectivity index (χ4v) is 4.33. The van der Waals surface area contributed by atoms with Crippen molar-refractivity contribution in [2.75, 3.05) is 0 Å². The van der Waals surface area contributed by atoms with Crippen molar-refractivity contribution in [3.05, 3.63) is 52.0 Å². The number of nitrogens with two attached hydrogens (primary N) is 1. The minimum Gasteiger partial charge on any atom is -0.384 e. The Morgan fingerprint density at radius 3 is 2.54 bits per heavy atom. The van der Waals surface area contributed by atoms with Crippen LogP contribution < -0.4 is 5.73 Å². The van der Waals surface area contributed by atoms with Gasteiger partial charge < -0.3 is 10.3 Å². The molecule has 26 heavy (non-hydrogen) atoms. The third kappa shape index (κ3) is 3.08. The van der Waals surface area contributed by atoms with Gasteiger partial charge in [0.1, 0.15) is 11.7 Å². The maximum Gasteiger partial charge on any atom is 0.142 e. The van der Waals surface area contributed by atoms with Crippen LogP contribution in [0.1, 0.15) is 43.7 Å². The standard InChI is InChI=1S/C20H20Cl2N4/c21-13-7-8-15(16(22)11-13)20-25-17-10-12(19(23)24)6-9-18(17)26(20)14-4-2-1-3-5-14/h6-11,14H,1-5H2,(H3,23,24). The SMILES string of the molecule is N=C(N)c1ccc2c(c1)nc(-c1ccc(Cl)cc1Cl)n2C1CCCCC1. The molecule has 2 aromatic carbocycles. The molecule has 0 bridgehead atoms. The average molecular weight is 387 g/mol. The van der Waals surface area contributed by atoms with Crippen LogP contribution in [-0.4, -0.2) is 15.4 Å². The molecule has 1 aromatic heterocycles. The minimum atomic E-state index is 0.0465. The molecule has 0 aliphatic heterocycles. The summed E-state index contributed by atoms with van der Waals surface area (Å²) in [4.78, 5) is 4.87. The van der Waals surface area contributed by atoms with E-state index in [4.69, 9.17) is 39.3 Å². The number of halogens is 2. The first-order chi connectivity index (χ1) is 12.5. The highest BCUT2D eigenvalue weighted by Gasteiger charge is 2.23. The van der Waals surface area contributed by atoms with Gasteiger partial charge in [-0.25, -0.2) is 4.98 Å². The van der Waals surface area contributed by atoms with Gasteiger partial charge in [0.25, 0.3) is 0 Å². The fraction of sp³-hybridized carbons (Fsp3) is 0.300. The average Bonchev–Trinajstić information content (AvgIpc) is 3.00. The molecule has 0 unspecified atom stereocenters. The predicted molar refractivity (Wildman–Crippen MR) is 108 cm³/mol. The number of hydrogen-bond donors (Lipinski definition) is 2. The molecule has 3 N–H and O–H groups in total. The van der Waals surface area contributed by atoms with Gasteiger partial charge >= 0.3 is 0 Å². The zero-order valence-corrected chi connectivity index (χ0v) is 15.8. The Morgan fingerprint density at radius 2 is 1.85 bits per heavy atom. The summed E-state index contributed by atoms with van der Waals surface area (Å²) in [6.45, 7) is 0. The number of imidazole rings is 1. The Balaban J connectivity index is 1.95. The zero-order valence-electron chi connectivity index (χ0n) is 14.3. The fourth-order valence-electron chi connectivity index (χ4n) is 3.84. The number of nitrogens with one attached hydrogen (secondary N) is 1. The van der Waals surface area contributed by atoms with E-state index in [-0.39, 0.29) is 5.84 Å². The minimum absolute atomic E-state index is 0.0465. The molecule has 134 valence electrons. The molecule has 0 amide bonds. The number of amidine groups is 1. The zero-order chi connectivity index (χ0) is 18.3. The van der Waals surface area contributed by atoms with Crippen LogP contribution in [0, 0.1) is 5.41 Å². The van der Waals surface area contributed by atoms with Crippen LogP contribution in [0.4, 0.5) is 0 Å². The predicted octanol–water partition coefficient (Wildman–Crippen LogP) is 5.80. The number of aromatic nitrogens is 2. The van der Waals surface area contributed by atoms with E-state index in [9.17, 15) is 0 Å². The van der Waals surface area contributed by atoms with Crippen molar-refractivity contribution in [3.8, 4) is 11.4 Å². The molecule has 4 nitrogen and oxygen atoms in total. The van der Waals surface area contributed by atoms with Crippen molar-refractivity contribution in [3.63, 3.8) is 0 Å². The van der Waals surface area contributed by atoms with Gasteiger partial charge in [-0.05, 0) is 49.2 Å². The summed E-state index contributed by atoms with van der Waals surface area (Å²) in [6.07, 6.45) is 6.01. The quantitative estimate of drug-likeness (QED) is 0.441. The van der Waals surface area contributed by atoms with E-state index in [2.05, 4.69) is 4.57 Å². The molecule has 1 aliphatic rings. The first-order valence-electron chi connectivity index (χ1n) is 8.86. The molecule has 1 fully saturated rings. The molecular weight excluding hydrogens is 367 g/mol. The van der Waals surface area contributed by atoms with Crippen LogP contribution in [-0.2, 0) is 0 Å². The van der Waals surface area contributed by atoms with Gasteiger partial charge in [0, 0.05) is 22.2 Å². The highest BCUT2D eigenvalue weighted by atomic mass is 35.5. The summed E-state index contributed by atoms with van der Waals surface area (Å²) in [5, 5.41) is 8.90. The summed E-state index contributed by atoms with van der Waals surface area (Å²) >= 11 is 12.6. The Kier molecular flexibility index (Phi) is 4.63. The first-order valence-corrected chi connectivity index (χ1v) is 9.62. The molecule has 1 heterocycles. The van der Waals surface area contributed by atoms with E-state index in [1.54, 1.807) is 6.07 Å². The molecule has 0 saturated heterocycles. The molecule has 3 aromatic rings. The number of benzene rings is 2. The van der Waals surface area contributed by atoms with Crippen LogP contribution >= 0.6 is 23.2 Å². The Bertz CT molecular complexity index is 987. The van der Waals surface area contributed by atoms with Crippen LogP contribution in [0.15, 0.2) is 36.4 Å². The summed E-state index contributed by atoms with van der Waals surface area (Å²) in [5.74, 6) is 0.902. The second-order valence-corrected chi connectivity index (χ2v) is 7.68. The summed E-state index contributed by atoms with van der Waals surface area (Å²) in [6, 6.07) is 11.7. The monoisotopic (exact) mass is 386 g/mol. The van der Waals surface area contributed by atoms with Crippen molar-refractivity contribution in [2.24, 2.45) is 5.73 Å². The van der Waals surface area contributed by atoms with Crippen LogP contribution in [0.25, 0.3) is 22.4 Å². The van der Waals surface area contributed by atoms with E-state index >= 15 is 0 Å². The lowest BCUT2D eigenvalue weighted by Crippen LogP contribution is -2.14. The summed E-state index contributed by atoms with van der Waals surface area (Å²) in [5.41, 5.74) is 9.11. The number of fused-ring (bicyclic) bond motifs is 1. The molecule has 0 spiro atoms. The van der Waals surface area contributed by atoms with Crippen molar-refractivity contribution < 1.29 is 0 Å². The van der Waals surface area contributed by atoms with E-state index in [1.807, 2.05) is 30.3 Å². The van der Waals surface area contributed by atoms with Crippen molar-refractivity contribution in [1.29, 1.82) is 5.41 Å². The van der Waals surface area contributed by atoms with E-state index < -0.39 is 0 Å². The lowest BCUT2D eigenvalue weighted by atomic mass is 9.95. The lowest BCUT2D eigenvalue weighted by Gasteiger charge is -2.26. The Labute approximate surface area is 162 Å². The second-order valence-electron chi connectivity index (χ2n) is 6.84. The van der Waals surface area contributed by atoms with E-state index in [0.717, 1.165) is 35.3 Å². The Hall–Kier alpha value is -2.04. The maximum atomic E-state index is 7.70. The maximum absolute atomic E-state index is 7.70. The largest absolute Gasteiger partial charge is 0.384 e. The molecule has 1 aliphatic carbocycles. The Morgan fingerprint density at radius 1 is 1.08 bits per heavy atom. The van der Waals surface area contributed by atoms with E-state index in [1.165, 1.54) is 19.3 Å². The lowest BCUT2D eigenvalue weighted by molar-refractivity contribution is 0.362. The topological polar surface area (TPSA) is 67.7 Å².